The third kappa shape index (κ3) is 2.57. The van der Waals surface area contributed by atoms with E-state index in [2.05, 4.69) is 27.1 Å². The second kappa shape index (κ2) is 4.61. The minimum Gasteiger partial charge on any atom is -0.354 e. The first-order valence-corrected chi connectivity index (χ1v) is 6.24. The van der Waals surface area contributed by atoms with Crippen LogP contribution in [0.2, 0.25) is 0 Å². The van der Waals surface area contributed by atoms with Crippen molar-refractivity contribution in [1.29, 1.82) is 0 Å². The zero-order valence-electron chi connectivity index (χ0n) is 11.2. The van der Waals surface area contributed by atoms with Crippen LogP contribution >= 0.6 is 0 Å². The van der Waals surface area contributed by atoms with E-state index in [9.17, 15) is 0 Å². The Morgan fingerprint density at radius 2 is 2.24 bits per heavy atom. The van der Waals surface area contributed by atoms with Crippen molar-refractivity contribution in [1.82, 2.24) is 15.3 Å². The molecule has 0 radical (unpaired) electrons. The summed E-state index contributed by atoms with van der Waals surface area (Å²) < 4.78 is 0. The van der Waals surface area contributed by atoms with Crippen molar-refractivity contribution in [3.05, 3.63) is 17.6 Å². The molecule has 0 spiro atoms. The number of hydrogen-bond donors (Lipinski definition) is 1. The van der Waals surface area contributed by atoms with Gasteiger partial charge in [0, 0.05) is 25.8 Å². The van der Waals surface area contributed by atoms with Crippen LogP contribution in [0.3, 0.4) is 0 Å². The number of anilines is 1. The van der Waals surface area contributed by atoms with Crippen LogP contribution in [0.25, 0.3) is 0 Å². The molecule has 1 aromatic heterocycles. The van der Waals surface area contributed by atoms with Gasteiger partial charge in [-0.25, -0.2) is 4.98 Å². The first-order chi connectivity index (χ1) is 8.04. The summed E-state index contributed by atoms with van der Waals surface area (Å²) in [4.78, 5) is 11.4. The highest BCUT2D eigenvalue weighted by molar-refractivity contribution is 5.44. The Morgan fingerprint density at radius 3 is 2.94 bits per heavy atom. The molecule has 2 rings (SSSR count). The van der Waals surface area contributed by atoms with Gasteiger partial charge in [-0.15, -0.1) is 0 Å². The van der Waals surface area contributed by atoms with E-state index in [4.69, 9.17) is 0 Å². The summed E-state index contributed by atoms with van der Waals surface area (Å²) in [6.45, 7) is 9.57. The molecule has 1 N–H and O–H groups in total. The van der Waals surface area contributed by atoms with Crippen LogP contribution in [0.5, 0.6) is 0 Å². The maximum atomic E-state index is 4.62. The van der Waals surface area contributed by atoms with Gasteiger partial charge in [-0.1, -0.05) is 6.92 Å². The number of rotatable bonds is 3. The molecule has 4 heteroatoms. The molecule has 1 aliphatic rings. The smallest absolute Gasteiger partial charge is 0.150 e. The van der Waals surface area contributed by atoms with Gasteiger partial charge in [0.15, 0.2) is 0 Å². The third-order valence-electron chi connectivity index (χ3n) is 3.51. The molecule has 1 aliphatic heterocycles. The van der Waals surface area contributed by atoms with Crippen molar-refractivity contribution >= 4 is 5.82 Å². The number of aryl methyl sites for hydroxylation is 2. The standard InChI is InChI=1S/C13H22N4/c1-10-7-15-11(2)12(16-10)17-6-5-13(3,9-17)8-14-4/h7,14H,5-6,8-9H2,1-4H3. The SMILES string of the molecule is CNCC1(C)CCN(c2nc(C)cnc2C)C1. The van der Waals surface area contributed by atoms with Crippen molar-refractivity contribution in [2.45, 2.75) is 27.2 Å². The van der Waals surface area contributed by atoms with Crippen molar-refractivity contribution in [3.63, 3.8) is 0 Å². The van der Waals surface area contributed by atoms with Crippen molar-refractivity contribution in [3.8, 4) is 0 Å². The fourth-order valence-electron chi connectivity index (χ4n) is 2.60. The minimum atomic E-state index is 0.354. The van der Waals surface area contributed by atoms with E-state index in [-0.39, 0.29) is 0 Å². The van der Waals surface area contributed by atoms with Crippen LogP contribution in [0.15, 0.2) is 6.20 Å². The minimum absolute atomic E-state index is 0.354. The van der Waals surface area contributed by atoms with Crippen molar-refractivity contribution in [2.24, 2.45) is 5.41 Å². The molecule has 17 heavy (non-hydrogen) atoms. The molecule has 0 bridgehead atoms. The Labute approximate surface area is 103 Å². The van der Waals surface area contributed by atoms with Crippen LogP contribution < -0.4 is 10.2 Å². The van der Waals surface area contributed by atoms with Gasteiger partial charge in [0.2, 0.25) is 0 Å². The Kier molecular flexibility index (Phi) is 3.33. The van der Waals surface area contributed by atoms with Crippen LogP contribution in [0.4, 0.5) is 5.82 Å². The molecule has 1 unspecified atom stereocenters. The highest BCUT2D eigenvalue weighted by Gasteiger charge is 2.34. The van der Waals surface area contributed by atoms with Gasteiger partial charge in [0.1, 0.15) is 5.82 Å². The predicted octanol–water partition coefficient (Wildman–Crippen LogP) is 1.53. The lowest BCUT2D eigenvalue weighted by Gasteiger charge is -2.25. The fraction of sp³-hybridized carbons (Fsp3) is 0.692. The van der Waals surface area contributed by atoms with Gasteiger partial charge in [-0.05, 0) is 32.7 Å². The van der Waals surface area contributed by atoms with Crippen molar-refractivity contribution < 1.29 is 0 Å². The first kappa shape index (κ1) is 12.3. The predicted molar refractivity (Wildman–Crippen MR) is 70.4 cm³/mol. The maximum Gasteiger partial charge on any atom is 0.150 e. The van der Waals surface area contributed by atoms with Crippen LogP contribution in [0, 0.1) is 19.3 Å². The fourth-order valence-corrected chi connectivity index (χ4v) is 2.60. The van der Waals surface area contributed by atoms with E-state index in [1.54, 1.807) is 0 Å². The van der Waals surface area contributed by atoms with Crippen molar-refractivity contribution in [2.75, 3.05) is 31.6 Å². The maximum absolute atomic E-state index is 4.62. The van der Waals surface area contributed by atoms with E-state index < -0.39 is 0 Å². The summed E-state index contributed by atoms with van der Waals surface area (Å²) in [6.07, 6.45) is 3.05. The van der Waals surface area contributed by atoms with Crippen LogP contribution in [-0.2, 0) is 0 Å². The molecule has 2 heterocycles. The van der Waals surface area contributed by atoms with Gasteiger partial charge in [0.25, 0.3) is 0 Å². The molecular weight excluding hydrogens is 212 g/mol. The summed E-state index contributed by atoms with van der Waals surface area (Å²) in [6, 6.07) is 0. The van der Waals surface area contributed by atoms with E-state index in [1.807, 2.05) is 27.1 Å². The number of nitrogens with one attached hydrogen (secondary N) is 1. The molecule has 0 aliphatic carbocycles. The summed E-state index contributed by atoms with van der Waals surface area (Å²) in [5, 5.41) is 3.29. The third-order valence-corrected chi connectivity index (χ3v) is 3.51. The average Bonchev–Trinajstić information content (AvgIpc) is 2.65. The summed E-state index contributed by atoms with van der Waals surface area (Å²) in [5.41, 5.74) is 2.38. The lowest BCUT2D eigenvalue weighted by Crippen LogP contribution is -2.33. The number of nitrogens with zero attached hydrogens (tertiary/aromatic N) is 3. The zero-order chi connectivity index (χ0) is 12.5. The highest BCUT2D eigenvalue weighted by Crippen LogP contribution is 2.32. The molecule has 1 saturated heterocycles. The Morgan fingerprint density at radius 1 is 1.47 bits per heavy atom. The summed E-state index contributed by atoms with van der Waals surface area (Å²) in [7, 11) is 2.02. The molecule has 4 nitrogen and oxygen atoms in total. The second-order valence-electron chi connectivity index (χ2n) is 5.43. The Balaban J connectivity index is 2.17. The molecular formula is C13H22N4. The van der Waals surface area contributed by atoms with E-state index >= 15 is 0 Å². The zero-order valence-corrected chi connectivity index (χ0v) is 11.2. The van der Waals surface area contributed by atoms with Crippen LogP contribution in [-0.4, -0.2) is 36.6 Å². The lowest BCUT2D eigenvalue weighted by atomic mass is 9.90. The topological polar surface area (TPSA) is 41.0 Å². The Bertz CT molecular complexity index is 404. The lowest BCUT2D eigenvalue weighted by molar-refractivity contribution is 0.355. The molecule has 0 aromatic carbocycles. The largest absolute Gasteiger partial charge is 0.354 e. The van der Waals surface area contributed by atoms with Gasteiger partial charge in [0.05, 0.1) is 11.4 Å². The van der Waals surface area contributed by atoms with Crippen LogP contribution in [0.1, 0.15) is 24.7 Å². The van der Waals surface area contributed by atoms with Gasteiger partial charge < -0.3 is 10.2 Å². The van der Waals surface area contributed by atoms with E-state index in [1.165, 1.54) is 6.42 Å². The highest BCUT2D eigenvalue weighted by atomic mass is 15.2. The number of aromatic nitrogens is 2. The van der Waals surface area contributed by atoms with E-state index in [0.29, 0.717) is 5.41 Å². The summed E-state index contributed by atoms with van der Waals surface area (Å²) >= 11 is 0. The molecule has 1 aromatic rings. The van der Waals surface area contributed by atoms with Gasteiger partial charge >= 0.3 is 0 Å². The molecule has 94 valence electrons. The first-order valence-electron chi connectivity index (χ1n) is 6.24. The number of hydrogen-bond acceptors (Lipinski definition) is 4. The molecule has 0 saturated carbocycles. The van der Waals surface area contributed by atoms with E-state index in [0.717, 1.165) is 36.8 Å². The molecule has 1 atom stereocenters. The second-order valence-corrected chi connectivity index (χ2v) is 5.43. The molecule has 1 fully saturated rings. The Hall–Kier alpha value is -1.16. The van der Waals surface area contributed by atoms with Gasteiger partial charge in [-0.3, -0.25) is 4.98 Å². The van der Waals surface area contributed by atoms with Gasteiger partial charge in [-0.2, -0.15) is 0 Å². The monoisotopic (exact) mass is 234 g/mol. The normalized spacial score (nSPS) is 24.4. The quantitative estimate of drug-likeness (QED) is 0.861. The molecule has 0 amide bonds. The average molecular weight is 234 g/mol. The summed E-state index contributed by atoms with van der Waals surface area (Å²) in [5.74, 6) is 1.06.